The van der Waals surface area contributed by atoms with Gasteiger partial charge in [-0.25, -0.2) is 4.68 Å². The van der Waals surface area contributed by atoms with E-state index in [1.165, 1.54) is 0 Å². The average Bonchev–Trinajstić information content (AvgIpc) is 3.58. The predicted molar refractivity (Wildman–Crippen MR) is 121 cm³/mol. The summed E-state index contributed by atoms with van der Waals surface area (Å²) in [6, 6.07) is 17.3. The monoisotopic (exact) mass is 435 g/mol. The van der Waals surface area contributed by atoms with Gasteiger partial charge in [0.05, 0.1) is 30.6 Å². The Balaban J connectivity index is 1.75. The summed E-state index contributed by atoms with van der Waals surface area (Å²) in [6.45, 7) is 3.12. The summed E-state index contributed by atoms with van der Waals surface area (Å²) in [6.07, 6.45) is 2.31. The molecular formula is C25H29N3O4. The molecule has 7 heteroatoms. The molecular weight excluding hydrogens is 406 g/mol. The Hall–Kier alpha value is -3.32. The summed E-state index contributed by atoms with van der Waals surface area (Å²) >= 11 is 0. The van der Waals surface area contributed by atoms with Crippen LogP contribution in [-0.4, -0.2) is 48.0 Å². The summed E-state index contributed by atoms with van der Waals surface area (Å²) in [5, 5.41) is 4.77. The number of hydrogen-bond donors (Lipinski definition) is 0. The third-order valence-corrected chi connectivity index (χ3v) is 5.56. The number of hydrogen-bond acceptors (Lipinski definition) is 5. The quantitative estimate of drug-likeness (QED) is 0.473. The Bertz CT molecular complexity index is 1060. The van der Waals surface area contributed by atoms with E-state index in [0.29, 0.717) is 36.4 Å². The molecule has 0 bridgehead atoms. The first kappa shape index (κ1) is 21.9. The van der Waals surface area contributed by atoms with Crippen LogP contribution in [0.25, 0.3) is 5.69 Å². The summed E-state index contributed by atoms with van der Waals surface area (Å²) < 4.78 is 18.8. The van der Waals surface area contributed by atoms with Crippen molar-refractivity contribution in [2.75, 3.05) is 27.4 Å². The molecule has 1 aliphatic rings. The van der Waals surface area contributed by atoms with E-state index in [0.717, 1.165) is 29.8 Å². The van der Waals surface area contributed by atoms with Crippen LogP contribution < -0.4 is 9.47 Å². The van der Waals surface area contributed by atoms with Gasteiger partial charge >= 0.3 is 0 Å². The van der Waals surface area contributed by atoms with E-state index in [1.54, 1.807) is 18.9 Å². The van der Waals surface area contributed by atoms with E-state index in [2.05, 4.69) is 0 Å². The normalized spacial score (nSPS) is 13.1. The number of rotatable bonds is 10. The molecule has 7 nitrogen and oxygen atoms in total. The number of nitrogens with zero attached hydrogens (tertiary/aromatic N) is 3. The van der Waals surface area contributed by atoms with E-state index in [-0.39, 0.29) is 12.5 Å². The zero-order valence-electron chi connectivity index (χ0n) is 18.8. The van der Waals surface area contributed by atoms with E-state index in [4.69, 9.17) is 19.3 Å². The predicted octanol–water partition coefficient (Wildman–Crippen LogP) is 4.37. The van der Waals surface area contributed by atoms with E-state index in [1.807, 2.05) is 66.4 Å². The van der Waals surface area contributed by atoms with Crippen molar-refractivity contribution >= 4 is 5.91 Å². The number of methoxy groups -OCH3 is 2. The fraction of sp³-hybridized carbons (Fsp3) is 0.360. The average molecular weight is 436 g/mol. The van der Waals surface area contributed by atoms with Crippen LogP contribution in [0.5, 0.6) is 17.4 Å². The van der Waals surface area contributed by atoms with Gasteiger partial charge < -0.3 is 19.1 Å². The highest BCUT2D eigenvalue weighted by atomic mass is 16.5. The van der Waals surface area contributed by atoms with Gasteiger partial charge in [0, 0.05) is 13.7 Å². The number of carbonyl (C=O) groups excluding carboxylic acids is 1. The molecule has 1 saturated carbocycles. The molecule has 1 aromatic heterocycles. The third-order valence-electron chi connectivity index (χ3n) is 5.56. The maximum Gasteiger partial charge on any atom is 0.248 e. The second kappa shape index (κ2) is 9.87. The number of benzene rings is 2. The van der Waals surface area contributed by atoms with Crippen LogP contribution in [0, 0.1) is 12.8 Å². The van der Waals surface area contributed by atoms with Crippen LogP contribution in [0.3, 0.4) is 0 Å². The zero-order chi connectivity index (χ0) is 22.5. The van der Waals surface area contributed by atoms with Crippen molar-refractivity contribution in [1.82, 2.24) is 14.7 Å². The van der Waals surface area contributed by atoms with Crippen LogP contribution in [0.15, 0.2) is 54.6 Å². The largest absolute Gasteiger partial charge is 0.493 e. The third kappa shape index (κ3) is 4.94. The smallest absolute Gasteiger partial charge is 0.248 e. The molecule has 1 fully saturated rings. The minimum atomic E-state index is -0.0329. The summed E-state index contributed by atoms with van der Waals surface area (Å²) in [5.41, 5.74) is 2.55. The molecule has 3 aromatic rings. The lowest BCUT2D eigenvalue weighted by atomic mass is 10.2. The molecule has 0 atom stereocenters. The van der Waals surface area contributed by atoms with Crippen LogP contribution in [0.1, 0.15) is 24.1 Å². The molecule has 0 N–H and O–H groups in total. The number of para-hydroxylation sites is 3. The molecule has 2 aromatic carbocycles. The van der Waals surface area contributed by atoms with Crippen molar-refractivity contribution in [1.29, 1.82) is 0 Å². The molecule has 0 spiro atoms. The first-order valence-corrected chi connectivity index (χ1v) is 10.8. The molecule has 32 heavy (non-hydrogen) atoms. The maximum absolute atomic E-state index is 12.8. The molecule has 0 unspecified atom stereocenters. The number of amides is 1. The SMILES string of the molecule is COCC(=O)N(Cc1c(C)nn(-c2ccccc2)c1Oc1ccccc1OC)CC1CC1. The minimum Gasteiger partial charge on any atom is -0.493 e. The number of ether oxygens (including phenoxy) is 3. The highest BCUT2D eigenvalue weighted by molar-refractivity contribution is 5.77. The lowest BCUT2D eigenvalue weighted by Crippen LogP contribution is -2.35. The molecule has 1 heterocycles. The van der Waals surface area contributed by atoms with Crippen molar-refractivity contribution in [3.8, 4) is 23.1 Å². The van der Waals surface area contributed by atoms with Gasteiger partial charge in [-0.2, -0.15) is 5.10 Å². The summed E-state index contributed by atoms with van der Waals surface area (Å²) in [4.78, 5) is 14.6. The molecule has 168 valence electrons. The van der Waals surface area contributed by atoms with E-state index in [9.17, 15) is 4.79 Å². The van der Waals surface area contributed by atoms with Crippen LogP contribution in [-0.2, 0) is 16.1 Å². The number of carbonyl (C=O) groups is 1. The van der Waals surface area contributed by atoms with Crippen molar-refractivity contribution < 1.29 is 19.0 Å². The Labute approximate surface area is 188 Å². The van der Waals surface area contributed by atoms with Crippen LogP contribution in [0.4, 0.5) is 0 Å². The highest BCUT2D eigenvalue weighted by Gasteiger charge is 2.29. The van der Waals surface area contributed by atoms with Crippen molar-refractivity contribution in [3.05, 3.63) is 65.9 Å². The zero-order valence-corrected chi connectivity index (χ0v) is 18.8. The lowest BCUT2D eigenvalue weighted by molar-refractivity contribution is -0.136. The second-order valence-corrected chi connectivity index (χ2v) is 8.02. The van der Waals surface area contributed by atoms with Gasteiger partial charge in [-0.15, -0.1) is 0 Å². The van der Waals surface area contributed by atoms with Gasteiger partial charge in [0.15, 0.2) is 11.5 Å². The molecule has 0 radical (unpaired) electrons. The van der Waals surface area contributed by atoms with Gasteiger partial charge in [-0.3, -0.25) is 4.79 Å². The van der Waals surface area contributed by atoms with Crippen molar-refractivity contribution in [2.45, 2.75) is 26.3 Å². The Morgan fingerprint density at radius 2 is 1.75 bits per heavy atom. The van der Waals surface area contributed by atoms with Crippen LogP contribution in [0.2, 0.25) is 0 Å². The fourth-order valence-electron chi connectivity index (χ4n) is 3.65. The van der Waals surface area contributed by atoms with Crippen molar-refractivity contribution in [2.24, 2.45) is 5.92 Å². The second-order valence-electron chi connectivity index (χ2n) is 8.02. The summed E-state index contributed by atoms with van der Waals surface area (Å²) in [7, 11) is 3.16. The maximum atomic E-state index is 12.8. The number of aromatic nitrogens is 2. The highest BCUT2D eigenvalue weighted by Crippen LogP contribution is 2.37. The minimum absolute atomic E-state index is 0.0329. The van der Waals surface area contributed by atoms with Gasteiger partial charge in [0.1, 0.15) is 6.61 Å². The van der Waals surface area contributed by atoms with Crippen molar-refractivity contribution in [3.63, 3.8) is 0 Å². The Morgan fingerprint density at radius 1 is 1.06 bits per heavy atom. The first-order valence-electron chi connectivity index (χ1n) is 10.8. The molecule has 0 saturated heterocycles. The van der Waals surface area contributed by atoms with Crippen LogP contribution >= 0.6 is 0 Å². The molecule has 1 aliphatic carbocycles. The Kier molecular flexibility index (Phi) is 6.75. The van der Waals surface area contributed by atoms with Gasteiger partial charge in [0.25, 0.3) is 0 Å². The lowest BCUT2D eigenvalue weighted by Gasteiger charge is -2.23. The topological polar surface area (TPSA) is 65.8 Å². The molecule has 1 amide bonds. The fourth-order valence-corrected chi connectivity index (χ4v) is 3.65. The summed E-state index contributed by atoms with van der Waals surface area (Å²) in [5.74, 6) is 2.31. The van der Waals surface area contributed by atoms with E-state index >= 15 is 0 Å². The molecule has 4 rings (SSSR count). The van der Waals surface area contributed by atoms with E-state index < -0.39 is 0 Å². The number of aryl methyl sites for hydroxylation is 1. The van der Waals surface area contributed by atoms with Gasteiger partial charge in [-0.1, -0.05) is 30.3 Å². The standard InChI is InChI=1S/C25H29N3O4/c1-18-21(16-27(15-19-13-14-19)24(29)17-30-2)25(28(26-18)20-9-5-4-6-10-20)32-23-12-8-7-11-22(23)31-3/h4-12,19H,13-17H2,1-3H3. The van der Waals surface area contributed by atoms with Gasteiger partial charge in [0.2, 0.25) is 11.8 Å². The first-order chi connectivity index (χ1) is 15.6. The van der Waals surface area contributed by atoms with Gasteiger partial charge in [-0.05, 0) is 49.9 Å². The molecule has 0 aliphatic heterocycles. The Morgan fingerprint density at radius 3 is 2.41 bits per heavy atom.